The summed E-state index contributed by atoms with van der Waals surface area (Å²) in [5, 5.41) is 12.2. The van der Waals surface area contributed by atoms with Gasteiger partial charge in [-0.15, -0.1) is 12.6 Å². The molecule has 6 rings (SSSR count). The lowest BCUT2D eigenvalue weighted by Crippen LogP contribution is -2.34. The molecule has 0 spiro atoms. The van der Waals surface area contributed by atoms with Gasteiger partial charge in [-0.3, -0.25) is 14.4 Å². The van der Waals surface area contributed by atoms with E-state index in [0.29, 0.717) is 29.9 Å². The average molecular weight is 501 g/mol. The number of nitrogens with one attached hydrogen (secondary N) is 4. The van der Waals surface area contributed by atoms with Crippen LogP contribution in [0.1, 0.15) is 51.5 Å². The highest BCUT2D eigenvalue weighted by molar-refractivity contribution is 7.80. The van der Waals surface area contributed by atoms with Gasteiger partial charge in [0.25, 0.3) is 5.91 Å². The zero-order chi connectivity index (χ0) is 25.1. The molecule has 4 bridgehead atoms. The molecule has 0 radical (unpaired) electrons. The lowest BCUT2D eigenvalue weighted by atomic mass is 9.98. The standard InChI is InChI=1S/C28H28N4O3S/c33-25-3-1-2-17-4-6-19(7-5-17)26(28(35)30-16-20-14-21(31-25)10-11-24(20)36)32-22-9-8-18-12-13-29-27(34)23(18)15-22/h4-11,14-15,26,32,36H,1-3,12-13,16H2,(H,29,34)(H,30,35)(H,31,33)/t26-/m1/s1. The fraction of sp³-hybridized carbons (Fsp3) is 0.250. The number of thiol groups is 1. The largest absolute Gasteiger partial charge is 0.370 e. The molecule has 0 unspecified atom stereocenters. The number of aryl methyl sites for hydroxylation is 1. The van der Waals surface area contributed by atoms with Crippen molar-refractivity contribution in [3.8, 4) is 0 Å². The highest BCUT2D eigenvalue weighted by atomic mass is 32.1. The van der Waals surface area contributed by atoms with E-state index in [1.165, 1.54) is 0 Å². The van der Waals surface area contributed by atoms with Crippen LogP contribution in [-0.2, 0) is 29.0 Å². The van der Waals surface area contributed by atoms with Crippen LogP contribution in [0.15, 0.2) is 65.6 Å². The van der Waals surface area contributed by atoms with Crippen LogP contribution in [0.5, 0.6) is 0 Å². The second-order valence-corrected chi connectivity index (χ2v) is 9.64. The Kier molecular flexibility index (Phi) is 6.95. The number of rotatable bonds is 2. The molecule has 3 heterocycles. The maximum Gasteiger partial charge on any atom is 0.251 e. The maximum absolute atomic E-state index is 13.5. The molecule has 8 heteroatoms. The fourth-order valence-corrected chi connectivity index (χ4v) is 4.83. The Labute approximate surface area is 215 Å². The van der Waals surface area contributed by atoms with Crippen LogP contribution in [0, 0.1) is 0 Å². The van der Waals surface area contributed by atoms with E-state index in [1.54, 1.807) is 0 Å². The predicted octanol–water partition coefficient (Wildman–Crippen LogP) is 4.01. The fourth-order valence-electron chi connectivity index (χ4n) is 4.61. The molecule has 184 valence electrons. The molecule has 0 aromatic heterocycles. The van der Waals surface area contributed by atoms with Gasteiger partial charge in [-0.1, -0.05) is 30.3 Å². The van der Waals surface area contributed by atoms with Crippen molar-refractivity contribution < 1.29 is 14.4 Å². The zero-order valence-electron chi connectivity index (χ0n) is 19.8. The topological polar surface area (TPSA) is 99.3 Å². The molecule has 3 aromatic carbocycles. The normalized spacial score (nSPS) is 18.0. The summed E-state index contributed by atoms with van der Waals surface area (Å²) in [4.78, 5) is 38.9. The lowest BCUT2D eigenvalue weighted by Gasteiger charge is -2.23. The summed E-state index contributed by atoms with van der Waals surface area (Å²) in [7, 11) is 0. The number of hydrogen-bond donors (Lipinski definition) is 5. The minimum atomic E-state index is -0.664. The van der Waals surface area contributed by atoms with E-state index < -0.39 is 6.04 Å². The van der Waals surface area contributed by atoms with Crippen LogP contribution in [0.25, 0.3) is 0 Å². The number of carbonyl (C=O) groups is 3. The second kappa shape index (κ2) is 10.5. The van der Waals surface area contributed by atoms with Gasteiger partial charge >= 0.3 is 0 Å². The second-order valence-electron chi connectivity index (χ2n) is 9.16. The van der Waals surface area contributed by atoms with Gasteiger partial charge in [0.15, 0.2) is 0 Å². The van der Waals surface area contributed by atoms with Crippen LogP contribution in [0.3, 0.4) is 0 Å². The van der Waals surface area contributed by atoms with Crippen LogP contribution in [0.4, 0.5) is 11.4 Å². The molecule has 3 aliphatic rings. The third-order valence-electron chi connectivity index (χ3n) is 6.61. The van der Waals surface area contributed by atoms with Crippen molar-refractivity contribution in [2.24, 2.45) is 0 Å². The van der Waals surface area contributed by atoms with Gasteiger partial charge in [-0.25, -0.2) is 0 Å². The molecular weight excluding hydrogens is 472 g/mol. The summed E-state index contributed by atoms with van der Waals surface area (Å²) in [5.41, 5.74) is 5.73. The minimum Gasteiger partial charge on any atom is -0.370 e. The third kappa shape index (κ3) is 5.39. The summed E-state index contributed by atoms with van der Waals surface area (Å²) in [5.74, 6) is -0.345. The SMILES string of the molecule is O=C1CCCc2ccc(cc2)[C@@H](Nc2ccc3c(c2)C(=O)NCC3)C(=O)NCc2cc(ccc2S)N1. The van der Waals surface area contributed by atoms with Crippen LogP contribution in [-0.4, -0.2) is 24.3 Å². The Morgan fingerprint density at radius 3 is 2.50 bits per heavy atom. The first kappa shape index (κ1) is 23.9. The Morgan fingerprint density at radius 2 is 1.67 bits per heavy atom. The lowest BCUT2D eigenvalue weighted by molar-refractivity contribution is -0.122. The number of benzene rings is 3. The van der Waals surface area contributed by atoms with Gasteiger partial charge in [0.05, 0.1) is 0 Å². The van der Waals surface area contributed by atoms with Gasteiger partial charge in [0.1, 0.15) is 6.04 Å². The van der Waals surface area contributed by atoms with Crippen molar-refractivity contribution >= 4 is 41.7 Å². The van der Waals surface area contributed by atoms with Gasteiger partial charge in [-0.2, -0.15) is 0 Å². The average Bonchev–Trinajstić information content (AvgIpc) is 2.88. The maximum atomic E-state index is 13.5. The number of anilines is 2. The molecule has 3 aliphatic heterocycles. The Hall–Kier alpha value is -3.78. The number of carbonyl (C=O) groups excluding carboxylic acids is 3. The van der Waals surface area contributed by atoms with Crippen LogP contribution < -0.4 is 21.3 Å². The summed E-state index contributed by atoms with van der Waals surface area (Å²) in [6.07, 6.45) is 2.70. The molecule has 0 aliphatic carbocycles. The quantitative estimate of drug-likeness (QED) is 0.344. The highest BCUT2D eigenvalue weighted by Crippen LogP contribution is 2.26. The number of amides is 3. The summed E-state index contributed by atoms with van der Waals surface area (Å²) < 4.78 is 0. The molecule has 0 saturated carbocycles. The van der Waals surface area contributed by atoms with Gasteiger partial charge in [0.2, 0.25) is 11.8 Å². The summed E-state index contributed by atoms with van der Waals surface area (Å²) in [6, 6.07) is 18.3. The smallest absolute Gasteiger partial charge is 0.251 e. The van der Waals surface area contributed by atoms with Crippen molar-refractivity contribution in [2.45, 2.75) is 43.2 Å². The molecule has 36 heavy (non-hydrogen) atoms. The van der Waals surface area contributed by atoms with Crippen LogP contribution >= 0.6 is 12.6 Å². The first-order chi connectivity index (χ1) is 17.5. The van der Waals surface area contributed by atoms with Crippen molar-refractivity contribution in [2.75, 3.05) is 17.2 Å². The Bertz CT molecular complexity index is 1320. The number of hydrogen-bond acceptors (Lipinski definition) is 5. The molecule has 3 aromatic rings. The van der Waals surface area contributed by atoms with Crippen molar-refractivity contribution in [1.82, 2.24) is 10.6 Å². The molecule has 1 atom stereocenters. The first-order valence-electron chi connectivity index (χ1n) is 12.1. The van der Waals surface area contributed by atoms with Crippen molar-refractivity contribution in [3.63, 3.8) is 0 Å². The molecule has 3 amide bonds. The molecule has 0 fully saturated rings. The number of fused-ring (bicyclic) bond motifs is 10. The van der Waals surface area contributed by atoms with E-state index in [9.17, 15) is 14.4 Å². The van der Waals surface area contributed by atoms with Gasteiger partial charge in [-0.05, 0) is 71.8 Å². The van der Waals surface area contributed by atoms with Crippen LogP contribution in [0.2, 0.25) is 0 Å². The first-order valence-corrected chi connectivity index (χ1v) is 12.6. The summed E-state index contributed by atoms with van der Waals surface area (Å²) in [6.45, 7) is 0.887. The predicted molar refractivity (Wildman–Crippen MR) is 142 cm³/mol. The van der Waals surface area contributed by atoms with E-state index in [1.807, 2.05) is 60.7 Å². The highest BCUT2D eigenvalue weighted by Gasteiger charge is 2.23. The van der Waals surface area contributed by atoms with E-state index >= 15 is 0 Å². The zero-order valence-corrected chi connectivity index (χ0v) is 20.7. The molecule has 0 saturated heterocycles. The van der Waals surface area contributed by atoms with E-state index in [0.717, 1.165) is 46.4 Å². The van der Waals surface area contributed by atoms with Gasteiger partial charge in [0, 0.05) is 41.3 Å². The molecular formula is C28H28N4O3S. The van der Waals surface area contributed by atoms with Crippen molar-refractivity contribution in [1.29, 1.82) is 0 Å². The third-order valence-corrected chi connectivity index (χ3v) is 7.04. The van der Waals surface area contributed by atoms with Gasteiger partial charge < -0.3 is 21.3 Å². The van der Waals surface area contributed by atoms with Crippen molar-refractivity contribution in [3.05, 3.63) is 88.5 Å². The van der Waals surface area contributed by atoms with E-state index in [4.69, 9.17) is 0 Å². The summed E-state index contributed by atoms with van der Waals surface area (Å²) >= 11 is 4.53. The van der Waals surface area contributed by atoms with E-state index in [-0.39, 0.29) is 24.3 Å². The molecule has 4 N–H and O–H groups in total. The Morgan fingerprint density at radius 1 is 0.833 bits per heavy atom. The molecule has 7 nitrogen and oxygen atoms in total. The minimum absolute atomic E-state index is 0.0383. The monoisotopic (exact) mass is 500 g/mol. The Balaban J connectivity index is 1.46. The van der Waals surface area contributed by atoms with E-state index in [2.05, 4.69) is 33.9 Å².